The minimum absolute atomic E-state index is 0.628. The number of carboxylic acids is 1. The molecule has 0 saturated carbocycles. The van der Waals surface area contributed by atoms with Gasteiger partial charge in [0.25, 0.3) is 0 Å². The van der Waals surface area contributed by atoms with Gasteiger partial charge < -0.3 is 9.84 Å². The van der Waals surface area contributed by atoms with Crippen LogP contribution in [-0.2, 0) is 11.3 Å². The van der Waals surface area contributed by atoms with Gasteiger partial charge in [-0.25, -0.2) is 4.98 Å². The summed E-state index contributed by atoms with van der Waals surface area (Å²) in [5.41, 5.74) is 2.85. The summed E-state index contributed by atoms with van der Waals surface area (Å²) in [6.07, 6.45) is 0. The molecular formula is C19H25N3O3S. The number of aliphatic carboxylic acids is 1. The molecule has 1 aromatic heterocycles. The summed E-state index contributed by atoms with van der Waals surface area (Å²) in [6.45, 7) is 7.87. The van der Waals surface area contributed by atoms with Crippen LogP contribution in [0.2, 0.25) is 0 Å². The van der Waals surface area contributed by atoms with Crippen molar-refractivity contribution in [2.45, 2.75) is 26.4 Å². The number of piperazine rings is 1. The zero-order valence-electron chi connectivity index (χ0n) is 15.4. The highest BCUT2D eigenvalue weighted by Gasteiger charge is 2.32. The van der Waals surface area contributed by atoms with E-state index in [2.05, 4.69) is 15.3 Å². The molecule has 26 heavy (non-hydrogen) atoms. The summed E-state index contributed by atoms with van der Waals surface area (Å²) in [6, 6.07) is 5.02. The second-order valence-electron chi connectivity index (χ2n) is 6.66. The van der Waals surface area contributed by atoms with Crippen LogP contribution >= 0.6 is 11.3 Å². The standard InChI is InChI=1S/C19H25N3O3S/c1-13-4-5-17(25-3)16(10-13)18(19(23)24)22-8-6-21(7-9-22)11-15-12-26-14(2)20-15/h4-5,10,12,18H,6-9,11H2,1-3H3,(H,23,24)/t18-/m0/s1. The second-order valence-corrected chi connectivity index (χ2v) is 7.72. The normalized spacial score (nSPS) is 17.2. The summed E-state index contributed by atoms with van der Waals surface area (Å²) >= 11 is 1.67. The van der Waals surface area contributed by atoms with Crippen LogP contribution in [0, 0.1) is 13.8 Å². The van der Waals surface area contributed by atoms with Crippen molar-refractivity contribution in [3.05, 3.63) is 45.4 Å². The van der Waals surface area contributed by atoms with Crippen molar-refractivity contribution in [1.29, 1.82) is 0 Å². The van der Waals surface area contributed by atoms with E-state index in [-0.39, 0.29) is 0 Å². The Hall–Kier alpha value is -1.96. The van der Waals surface area contributed by atoms with Gasteiger partial charge in [-0.1, -0.05) is 17.7 Å². The zero-order valence-corrected chi connectivity index (χ0v) is 16.3. The molecule has 0 amide bonds. The molecule has 1 saturated heterocycles. The van der Waals surface area contributed by atoms with Crippen molar-refractivity contribution in [2.24, 2.45) is 0 Å². The van der Waals surface area contributed by atoms with Crippen molar-refractivity contribution < 1.29 is 14.6 Å². The summed E-state index contributed by atoms with van der Waals surface area (Å²) in [5.74, 6) is -0.208. The van der Waals surface area contributed by atoms with Crippen LogP contribution < -0.4 is 4.74 Å². The van der Waals surface area contributed by atoms with E-state index in [1.807, 2.05) is 36.9 Å². The van der Waals surface area contributed by atoms with Gasteiger partial charge in [-0.3, -0.25) is 14.6 Å². The van der Waals surface area contributed by atoms with Crippen LogP contribution in [0.1, 0.15) is 27.9 Å². The van der Waals surface area contributed by atoms with E-state index in [4.69, 9.17) is 4.74 Å². The van der Waals surface area contributed by atoms with Crippen molar-refractivity contribution in [3.8, 4) is 5.75 Å². The van der Waals surface area contributed by atoms with Crippen molar-refractivity contribution in [1.82, 2.24) is 14.8 Å². The van der Waals surface area contributed by atoms with Gasteiger partial charge in [0.15, 0.2) is 0 Å². The highest BCUT2D eigenvalue weighted by Crippen LogP contribution is 2.31. The molecule has 1 fully saturated rings. The lowest BCUT2D eigenvalue weighted by molar-refractivity contribution is -0.144. The molecular weight excluding hydrogens is 350 g/mol. The van der Waals surface area contributed by atoms with Crippen LogP contribution in [0.4, 0.5) is 0 Å². The number of carbonyl (C=O) groups is 1. The van der Waals surface area contributed by atoms with Crippen molar-refractivity contribution >= 4 is 17.3 Å². The Balaban J connectivity index is 1.71. The smallest absolute Gasteiger partial charge is 0.325 e. The minimum Gasteiger partial charge on any atom is -0.496 e. The maximum absolute atomic E-state index is 12.0. The van der Waals surface area contributed by atoms with Crippen LogP contribution in [0.5, 0.6) is 5.75 Å². The van der Waals surface area contributed by atoms with E-state index in [0.717, 1.165) is 41.5 Å². The van der Waals surface area contributed by atoms with Gasteiger partial charge >= 0.3 is 5.97 Å². The second kappa shape index (κ2) is 8.16. The largest absolute Gasteiger partial charge is 0.496 e. The molecule has 1 aromatic carbocycles. The summed E-state index contributed by atoms with van der Waals surface area (Å²) in [4.78, 5) is 20.9. The molecule has 0 bridgehead atoms. The predicted molar refractivity (Wildman–Crippen MR) is 102 cm³/mol. The first kappa shape index (κ1) is 18.8. The third-order valence-corrected chi connectivity index (χ3v) is 5.56. The number of aromatic nitrogens is 1. The lowest BCUT2D eigenvalue weighted by Gasteiger charge is -2.38. The fraction of sp³-hybridized carbons (Fsp3) is 0.474. The lowest BCUT2D eigenvalue weighted by atomic mass is 10.0. The minimum atomic E-state index is -0.836. The van der Waals surface area contributed by atoms with Crippen LogP contribution in [0.3, 0.4) is 0 Å². The average Bonchev–Trinajstić information content (AvgIpc) is 3.01. The van der Waals surface area contributed by atoms with Gasteiger partial charge in [0.1, 0.15) is 11.8 Å². The van der Waals surface area contributed by atoms with Crippen LogP contribution in [0.25, 0.3) is 0 Å². The molecule has 0 spiro atoms. The van der Waals surface area contributed by atoms with Gasteiger partial charge in [-0.05, 0) is 19.9 Å². The maximum atomic E-state index is 12.0. The number of ether oxygens (including phenoxy) is 1. The summed E-state index contributed by atoms with van der Waals surface area (Å²) < 4.78 is 5.42. The predicted octanol–water partition coefficient (Wildman–Crippen LogP) is 2.71. The Labute approximate surface area is 158 Å². The van der Waals surface area contributed by atoms with E-state index in [1.54, 1.807) is 18.4 Å². The third kappa shape index (κ3) is 4.23. The summed E-state index contributed by atoms with van der Waals surface area (Å²) in [7, 11) is 1.58. The lowest BCUT2D eigenvalue weighted by Crippen LogP contribution is -2.49. The summed E-state index contributed by atoms with van der Waals surface area (Å²) in [5, 5.41) is 13.1. The molecule has 2 aromatic rings. The Bertz CT molecular complexity index is 769. The Morgan fingerprint density at radius 1 is 1.31 bits per heavy atom. The SMILES string of the molecule is COc1ccc(C)cc1[C@@H](C(=O)O)N1CCN(Cc2csc(C)n2)CC1. The van der Waals surface area contributed by atoms with Crippen LogP contribution in [-0.4, -0.2) is 59.1 Å². The molecule has 1 atom stereocenters. The zero-order chi connectivity index (χ0) is 18.7. The monoisotopic (exact) mass is 375 g/mol. The molecule has 0 radical (unpaired) electrons. The third-order valence-electron chi connectivity index (χ3n) is 4.74. The number of methoxy groups -OCH3 is 1. The molecule has 0 unspecified atom stereocenters. The van der Waals surface area contributed by atoms with E-state index in [1.165, 1.54) is 0 Å². The van der Waals surface area contributed by atoms with Gasteiger partial charge in [0.05, 0.1) is 17.8 Å². The average molecular weight is 375 g/mol. The number of hydrogen-bond acceptors (Lipinski definition) is 6. The topological polar surface area (TPSA) is 65.9 Å². The van der Waals surface area contributed by atoms with Crippen molar-refractivity contribution in [2.75, 3.05) is 33.3 Å². The molecule has 7 heteroatoms. The van der Waals surface area contributed by atoms with E-state index < -0.39 is 12.0 Å². The number of benzene rings is 1. The van der Waals surface area contributed by atoms with Gasteiger partial charge in [-0.2, -0.15) is 0 Å². The number of aryl methyl sites for hydroxylation is 2. The molecule has 3 rings (SSSR count). The van der Waals surface area contributed by atoms with Crippen molar-refractivity contribution in [3.63, 3.8) is 0 Å². The number of hydrogen-bond donors (Lipinski definition) is 1. The molecule has 1 aliphatic rings. The first-order valence-electron chi connectivity index (χ1n) is 8.72. The Kier molecular flexibility index (Phi) is 5.90. The Morgan fingerprint density at radius 3 is 2.62 bits per heavy atom. The van der Waals surface area contributed by atoms with E-state index in [0.29, 0.717) is 18.8 Å². The van der Waals surface area contributed by atoms with Gasteiger partial charge in [0, 0.05) is 43.7 Å². The first-order valence-corrected chi connectivity index (χ1v) is 9.60. The fourth-order valence-electron chi connectivity index (χ4n) is 3.44. The van der Waals surface area contributed by atoms with Gasteiger partial charge in [-0.15, -0.1) is 11.3 Å². The molecule has 2 heterocycles. The maximum Gasteiger partial charge on any atom is 0.325 e. The van der Waals surface area contributed by atoms with E-state index in [9.17, 15) is 9.90 Å². The number of carboxylic acid groups (broad SMARTS) is 1. The quantitative estimate of drug-likeness (QED) is 0.837. The number of rotatable bonds is 6. The number of nitrogens with zero attached hydrogens (tertiary/aromatic N) is 3. The molecule has 1 aliphatic heterocycles. The Morgan fingerprint density at radius 2 is 2.04 bits per heavy atom. The molecule has 0 aliphatic carbocycles. The van der Waals surface area contributed by atoms with Gasteiger partial charge in [0.2, 0.25) is 0 Å². The highest BCUT2D eigenvalue weighted by atomic mass is 32.1. The van der Waals surface area contributed by atoms with E-state index >= 15 is 0 Å². The number of thiazole rings is 1. The molecule has 6 nitrogen and oxygen atoms in total. The fourth-order valence-corrected chi connectivity index (χ4v) is 4.05. The highest BCUT2D eigenvalue weighted by molar-refractivity contribution is 7.09. The molecule has 1 N–H and O–H groups in total. The van der Waals surface area contributed by atoms with Crippen LogP contribution in [0.15, 0.2) is 23.6 Å². The molecule has 140 valence electrons. The first-order chi connectivity index (χ1) is 12.5.